The van der Waals surface area contributed by atoms with Crippen LogP contribution < -0.4 is 5.32 Å². The molecule has 0 aromatic heterocycles. The molecule has 19 heavy (non-hydrogen) atoms. The van der Waals surface area contributed by atoms with Crippen LogP contribution in [0.15, 0.2) is 42.5 Å². The van der Waals surface area contributed by atoms with Gasteiger partial charge in [-0.25, -0.2) is 0 Å². The van der Waals surface area contributed by atoms with Crippen molar-refractivity contribution in [3.8, 4) is 0 Å². The summed E-state index contributed by atoms with van der Waals surface area (Å²) in [5.41, 5.74) is 3.62. The lowest BCUT2D eigenvalue weighted by atomic mass is 10.1. The van der Waals surface area contributed by atoms with Crippen molar-refractivity contribution in [3.05, 3.63) is 69.2 Å². The van der Waals surface area contributed by atoms with Gasteiger partial charge in [0.1, 0.15) is 0 Å². The minimum atomic E-state index is 0.158. The van der Waals surface area contributed by atoms with Gasteiger partial charge in [0.15, 0.2) is 0 Å². The summed E-state index contributed by atoms with van der Waals surface area (Å²) < 4.78 is 0. The third-order valence-corrected chi connectivity index (χ3v) is 3.86. The molecule has 1 atom stereocenters. The number of aryl methyl sites for hydroxylation is 1. The summed E-state index contributed by atoms with van der Waals surface area (Å²) in [6.45, 7) is 5.03. The summed E-state index contributed by atoms with van der Waals surface area (Å²) in [5.74, 6) is 0. The fourth-order valence-corrected chi connectivity index (χ4v) is 2.49. The van der Waals surface area contributed by atoms with Crippen molar-refractivity contribution < 1.29 is 0 Å². The topological polar surface area (TPSA) is 12.0 Å². The SMILES string of the molecule is Cc1ccccc1CNC(C)c1cc(Cl)ccc1Cl. The van der Waals surface area contributed by atoms with Gasteiger partial charge in [-0.2, -0.15) is 0 Å². The Kier molecular flexibility index (Phi) is 4.87. The molecule has 3 heteroatoms. The zero-order valence-electron chi connectivity index (χ0n) is 11.1. The van der Waals surface area contributed by atoms with Gasteiger partial charge in [0, 0.05) is 22.6 Å². The highest BCUT2D eigenvalue weighted by molar-refractivity contribution is 6.33. The predicted molar refractivity (Wildman–Crippen MR) is 82.9 cm³/mol. The van der Waals surface area contributed by atoms with E-state index < -0.39 is 0 Å². The zero-order valence-corrected chi connectivity index (χ0v) is 12.6. The summed E-state index contributed by atoms with van der Waals surface area (Å²) in [4.78, 5) is 0. The minimum Gasteiger partial charge on any atom is -0.306 e. The molecule has 2 rings (SSSR count). The van der Waals surface area contributed by atoms with Crippen molar-refractivity contribution in [2.75, 3.05) is 0 Å². The van der Waals surface area contributed by atoms with Crippen LogP contribution in [-0.4, -0.2) is 0 Å². The van der Waals surface area contributed by atoms with Crippen molar-refractivity contribution in [2.45, 2.75) is 26.4 Å². The van der Waals surface area contributed by atoms with E-state index in [1.54, 1.807) is 6.07 Å². The molecule has 1 N–H and O–H groups in total. The molecule has 0 spiro atoms. The van der Waals surface area contributed by atoms with E-state index in [9.17, 15) is 0 Å². The lowest BCUT2D eigenvalue weighted by molar-refractivity contribution is 0.573. The van der Waals surface area contributed by atoms with Crippen LogP contribution in [0.25, 0.3) is 0 Å². The highest BCUT2D eigenvalue weighted by atomic mass is 35.5. The number of benzene rings is 2. The lowest BCUT2D eigenvalue weighted by Crippen LogP contribution is -2.19. The number of hydrogen-bond acceptors (Lipinski definition) is 1. The third kappa shape index (κ3) is 3.73. The average molecular weight is 294 g/mol. The Morgan fingerprint density at radius 3 is 2.58 bits per heavy atom. The van der Waals surface area contributed by atoms with Crippen LogP contribution in [0.4, 0.5) is 0 Å². The quantitative estimate of drug-likeness (QED) is 0.822. The Hall–Kier alpha value is -1.02. The van der Waals surface area contributed by atoms with E-state index in [0.717, 1.165) is 17.1 Å². The maximum absolute atomic E-state index is 6.21. The van der Waals surface area contributed by atoms with E-state index in [1.165, 1.54) is 11.1 Å². The zero-order chi connectivity index (χ0) is 13.8. The highest BCUT2D eigenvalue weighted by Crippen LogP contribution is 2.26. The molecule has 0 radical (unpaired) electrons. The van der Waals surface area contributed by atoms with Crippen molar-refractivity contribution >= 4 is 23.2 Å². The molecular weight excluding hydrogens is 277 g/mol. The Balaban J connectivity index is 2.07. The van der Waals surface area contributed by atoms with Gasteiger partial charge in [-0.3, -0.25) is 0 Å². The van der Waals surface area contributed by atoms with Crippen LogP contribution in [0.2, 0.25) is 10.0 Å². The van der Waals surface area contributed by atoms with Crippen LogP contribution in [0.5, 0.6) is 0 Å². The third-order valence-electron chi connectivity index (χ3n) is 3.28. The van der Waals surface area contributed by atoms with Gasteiger partial charge < -0.3 is 5.32 Å². The summed E-state index contributed by atoms with van der Waals surface area (Å²) >= 11 is 12.2. The van der Waals surface area contributed by atoms with Gasteiger partial charge in [-0.1, -0.05) is 47.5 Å². The van der Waals surface area contributed by atoms with E-state index in [1.807, 2.05) is 12.1 Å². The molecule has 0 saturated heterocycles. The second kappa shape index (κ2) is 6.42. The second-order valence-electron chi connectivity index (χ2n) is 4.69. The summed E-state index contributed by atoms with van der Waals surface area (Å²) in [5, 5.41) is 4.94. The van der Waals surface area contributed by atoms with E-state index in [0.29, 0.717) is 5.02 Å². The summed E-state index contributed by atoms with van der Waals surface area (Å²) in [6.07, 6.45) is 0. The predicted octanol–water partition coefficient (Wildman–Crippen LogP) is 5.15. The molecule has 100 valence electrons. The Bertz CT molecular complexity index is 566. The first-order valence-electron chi connectivity index (χ1n) is 6.31. The average Bonchev–Trinajstić information content (AvgIpc) is 2.40. The second-order valence-corrected chi connectivity index (χ2v) is 5.54. The van der Waals surface area contributed by atoms with Gasteiger partial charge in [-0.05, 0) is 48.7 Å². The molecule has 0 fully saturated rings. The standard InChI is InChI=1S/C16H17Cl2N/c1-11-5-3-4-6-13(11)10-19-12(2)15-9-14(17)7-8-16(15)18/h3-9,12,19H,10H2,1-2H3. The number of hydrogen-bond donors (Lipinski definition) is 1. The van der Waals surface area contributed by atoms with Crippen molar-refractivity contribution in [1.29, 1.82) is 0 Å². The maximum Gasteiger partial charge on any atom is 0.0454 e. The molecule has 0 heterocycles. The first kappa shape index (κ1) is 14.4. The van der Waals surface area contributed by atoms with Crippen LogP contribution in [0.3, 0.4) is 0 Å². The van der Waals surface area contributed by atoms with Crippen molar-refractivity contribution in [2.24, 2.45) is 0 Å². The monoisotopic (exact) mass is 293 g/mol. The molecule has 0 bridgehead atoms. The molecule has 2 aromatic rings. The summed E-state index contributed by atoms with van der Waals surface area (Å²) in [6, 6.07) is 14.1. The van der Waals surface area contributed by atoms with Gasteiger partial charge >= 0.3 is 0 Å². The first-order valence-corrected chi connectivity index (χ1v) is 7.06. The van der Waals surface area contributed by atoms with Gasteiger partial charge in [0.05, 0.1) is 0 Å². The van der Waals surface area contributed by atoms with Crippen LogP contribution in [-0.2, 0) is 6.54 Å². The number of rotatable bonds is 4. The van der Waals surface area contributed by atoms with Crippen LogP contribution >= 0.6 is 23.2 Å². The van der Waals surface area contributed by atoms with Gasteiger partial charge in [0.2, 0.25) is 0 Å². The highest BCUT2D eigenvalue weighted by Gasteiger charge is 2.10. The molecule has 1 unspecified atom stereocenters. The smallest absolute Gasteiger partial charge is 0.0454 e. The first-order chi connectivity index (χ1) is 9.08. The van der Waals surface area contributed by atoms with Crippen molar-refractivity contribution in [3.63, 3.8) is 0 Å². The Morgan fingerprint density at radius 2 is 1.84 bits per heavy atom. The van der Waals surface area contributed by atoms with Crippen LogP contribution in [0.1, 0.15) is 29.7 Å². The normalized spacial score (nSPS) is 12.4. The molecule has 0 saturated carbocycles. The fourth-order valence-electron chi connectivity index (χ4n) is 2.03. The largest absolute Gasteiger partial charge is 0.306 e. The number of nitrogens with one attached hydrogen (secondary N) is 1. The number of halogens is 2. The Labute approximate surface area is 124 Å². The molecular formula is C16H17Cl2N. The van der Waals surface area contributed by atoms with Gasteiger partial charge in [-0.15, -0.1) is 0 Å². The van der Waals surface area contributed by atoms with E-state index in [2.05, 4.69) is 43.4 Å². The van der Waals surface area contributed by atoms with Gasteiger partial charge in [0.25, 0.3) is 0 Å². The minimum absolute atomic E-state index is 0.158. The molecule has 0 amide bonds. The van der Waals surface area contributed by atoms with E-state index >= 15 is 0 Å². The van der Waals surface area contributed by atoms with Crippen LogP contribution in [0, 0.1) is 6.92 Å². The molecule has 0 aliphatic rings. The van der Waals surface area contributed by atoms with Crippen molar-refractivity contribution in [1.82, 2.24) is 5.32 Å². The molecule has 0 aliphatic carbocycles. The molecule has 0 aliphatic heterocycles. The maximum atomic E-state index is 6.21. The summed E-state index contributed by atoms with van der Waals surface area (Å²) in [7, 11) is 0. The lowest BCUT2D eigenvalue weighted by Gasteiger charge is -2.17. The van der Waals surface area contributed by atoms with E-state index in [-0.39, 0.29) is 6.04 Å². The fraction of sp³-hybridized carbons (Fsp3) is 0.250. The van der Waals surface area contributed by atoms with E-state index in [4.69, 9.17) is 23.2 Å². The molecule has 2 aromatic carbocycles. The molecule has 1 nitrogen and oxygen atoms in total. The Morgan fingerprint density at radius 1 is 1.11 bits per heavy atom.